The van der Waals surface area contributed by atoms with E-state index in [-0.39, 0.29) is 5.97 Å². The van der Waals surface area contributed by atoms with Gasteiger partial charge in [-0.1, -0.05) is 19.7 Å². The van der Waals surface area contributed by atoms with Crippen LogP contribution in [-0.2, 0) is 14.3 Å². The molecule has 0 rings (SSSR count). The van der Waals surface area contributed by atoms with Crippen molar-refractivity contribution < 1.29 is 14.3 Å². The van der Waals surface area contributed by atoms with Crippen LogP contribution in [0.25, 0.3) is 0 Å². The van der Waals surface area contributed by atoms with Gasteiger partial charge < -0.3 is 9.53 Å². The maximum atomic E-state index is 9.75. The second-order valence-electron chi connectivity index (χ2n) is 1.03. The topological polar surface area (TPSA) is 43.4 Å². The van der Waals surface area contributed by atoms with Gasteiger partial charge in [-0.15, -0.1) is 5.73 Å². The van der Waals surface area contributed by atoms with Gasteiger partial charge in [-0.25, -0.2) is 0 Å². The Balaban J connectivity index is -0.000000109. The maximum Gasteiger partial charge on any atom is 0.307 e. The Morgan fingerprint density at radius 2 is 1.73 bits per heavy atom. The minimum Gasteiger partial charge on any atom is -0.435 e. The Morgan fingerprint density at radius 3 is 1.73 bits per heavy atom. The molecule has 0 heterocycles. The van der Waals surface area contributed by atoms with Crippen molar-refractivity contribution in [1.29, 1.82) is 0 Å². The molecular weight excluding hydrogens is 144 g/mol. The first-order chi connectivity index (χ1) is 5.18. The molecule has 3 heteroatoms. The molecule has 0 aliphatic rings. The van der Waals surface area contributed by atoms with Gasteiger partial charge in [0, 0.05) is 6.92 Å². The fraction of sp³-hybridized carbons (Fsp3) is 0.125. The highest BCUT2D eigenvalue weighted by molar-refractivity contribution is 5.66. The number of hydrogen-bond acceptors (Lipinski definition) is 3. The SMILES string of the molecule is C=C=C.C=COC(C)=O.C=O. The standard InChI is InChI=1S/C4H6O2.C3H4.CH2O/c1-3-6-4(2)5;1-3-2;1-2/h3H,1H2,2H3;1-2H2;1H2. The summed E-state index contributed by atoms with van der Waals surface area (Å²) in [5, 5.41) is 0. The molecule has 3 nitrogen and oxygen atoms in total. The molecule has 0 N–H and O–H groups in total. The van der Waals surface area contributed by atoms with E-state index in [0.717, 1.165) is 6.26 Å². The summed E-state index contributed by atoms with van der Waals surface area (Å²) in [6, 6.07) is 0. The lowest BCUT2D eigenvalue weighted by molar-refractivity contribution is -0.135. The lowest BCUT2D eigenvalue weighted by atomic mass is 10.8. The first kappa shape index (κ1) is 16.2. The van der Waals surface area contributed by atoms with Crippen LogP contribution in [0.5, 0.6) is 0 Å². The summed E-state index contributed by atoms with van der Waals surface area (Å²) in [6.07, 6.45) is 1.10. The Morgan fingerprint density at radius 1 is 1.45 bits per heavy atom. The number of carbonyl (C=O) groups excluding carboxylic acids is 2. The third-order valence-corrected chi connectivity index (χ3v) is 0.249. The number of hydrogen-bond donors (Lipinski definition) is 0. The van der Waals surface area contributed by atoms with E-state index in [4.69, 9.17) is 4.79 Å². The van der Waals surface area contributed by atoms with Crippen LogP contribution in [0.2, 0.25) is 0 Å². The lowest BCUT2D eigenvalue weighted by Gasteiger charge is -1.83. The molecule has 0 fully saturated rings. The first-order valence-electron chi connectivity index (χ1n) is 2.55. The molecule has 0 aromatic heterocycles. The highest BCUT2D eigenvalue weighted by atomic mass is 16.5. The molecule has 0 aliphatic carbocycles. The van der Waals surface area contributed by atoms with Gasteiger partial charge in [0.2, 0.25) is 0 Å². The highest BCUT2D eigenvalue weighted by Crippen LogP contribution is 1.70. The summed E-state index contributed by atoms with van der Waals surface area (Å²) < 4.78 is 4.17. The Labute approximate surface area is 66.7 Å². The summed E-state index contributed by atoms with van der Waals surface area (Å²) in [5.74, 6) is -0.329. The van der Waals surface area contributed by atoms with Crippen molar-refractivity contribution in [3.63, 3.8) is 0 Å². The van der Waals surface area contributed by atoms with Crippen molar-refractivity contribution in [2.75, 3.05) is 0 Å². The molecule has 62 valence electrons. The molecule has 0 bridgehead atoms. The second kappa shape index (κ2) is 23.8. The van der Waals surface area contributed by atoms with Crippen LogP contribution in [0.3, 0.4) is 0 Å². The highest BCUT2D eigenvalue weighted by Gasteiger charge is 1.79. The van der Waals surface area contributed by atoms with E-state index in [9.17, 15) is 4.79 Å². The quantitative estimate of drug-likeness (QED) is 0.328. The molecule has 11 heavy (non-hydrogen) atoms. The van der Waals surface area contributed by atoms with Crippen LogP contribution in [-0.4, -0.2) is 12.8 Å². The van der Waals surface area contributed by atoms with Crippen LogP contribution in [0.15, 0.2) is 31.7 Å². The van der Waals surface area contributed by atoms with Crippen LogP contribution in [0.4, 0.5) is 0 Å². The normalized spacial score (nSPS) is 4.82. The summed E-state index contributed by atoms with van der Waals surface area (Å²) in [4.78, 5) is 17.8. The molecule has 0 atom stereocenters. The third kappa shape index (κ3) is 176. The van der Waals surface area contributed by atoms with Gasteiger partial charge in [0.15, 0.2) is 0 Å². The van der Waals surface area contributed by atoms with E-state index in [1.165, 1.54) is 6.92 Å². The average Bonchev–Trinajstić information content (AvgIpc) is 1.93. The van der Waals surface area contributed by atoms with E-state index >= 15 is 0 Å². The minimum atomic E-state index is -0.329. The number of rotatable bonds is 1. The number of ether oxygens (including phenoxy) is 1. The summed E-state index contributed by atoms with van der Waals surface area (Å²) >= 11 is 0. The second-order valence-corrected chi connectivity index (χ2v) is 1.03. The smallest absolute Gasteiger partial charge is 0.307 e. The van der Waals surface area contributed by atoms with Crippen molar-refractivity contribution in [1.82, 2.24) is 0 Å². The van der Waals surface area contributed by atoms with Crippen LogP contribution >= 0.6 is 0 Å². The van der Waals surface area contributed by atoms with Gasteiger partial charge in [0.05, 0.1) is 6.26 Å². The van der Waals surface area contributed by atoms with E-state index in [1.54, 1.807) is 0 Å². The minimum absolute atomic E-state index is 0.329. The zero-order valence-corrected chi connectivity index (χ0v) is 6.63. The van der Waals surface area contributed by atoms with E-state index in [0.29, 0.717) is 0 Å². The van der Waals surface area contributed by atoms with Gasteiger partial charge >= 0.3 is 5.97 Å². The van der Waals surface area contributed by atoms with Crippen molar-refractivity contribution >= 4 is 12.8 Å². The zero-order chi connectivity index (χ0) is 9.70. The Kier molecular flexibility index (Phi) is 35.0. The maximum absolute atomic E-state index is 9.75. The Bertz CT molecular complexity index is 132. The predicted octanol–water partition coefficient (Wildman–Crippen LogP) is 1.47. The third-order valence-electron chi connectivity index (χ3n) is 0.249. The molecular formula is C8H12O3. The lowest BCUT2D eigenvalue weighted by Crippen LogP contribution is -1.87. The van der Waals surface area contributed by atoms with Crippen molar-refractivity contribution in [2.45, 2.75) is 6.92 Å². The molecule has 0 radical (unpaired) electrons. The van der Waals surface area contributed by atoms with Gasteiger partial charge in [-0.3, -0.25) is 4.79 Å². The monoisotopic (exact) mass is 156 g/mol. The van der Waals surface area contributed by atoms with E-state index < -0.39 is 0 Å². The summed E-state index contributed by atoms with van der Waals surface area (Å²) in [6.45, 7) is 12.7. The fourth-order valence-electron chi connectivity index (χ4n) is 0.117. The number of carbonyl (C=O) groups is 2. The fourth-order valence-corrected chi connectivity index (χ4v) is 0.117. The van der Waals surface area contributed by atoms with Gasteiger partial charge in [0.1, 0.15) is 6.79 Å². The van der Waals surface area contributed by atoms with Gasteiger partial charge in [0.25, 0.3) is 0 Å². The van der Waals surface area contributed by atoms with Crippen molar-refractivity contribution in [3.05, 3.63) is 31.7 Å². The molecule has 0 saturated carbocycles. The first-order valence-corrected chi connectivity index (χ1v) is 2.55. The molecule has 0 unspecified atom stereocenters. The van der Waals surface area contributed by atoms with E-state index in [1.807, 2.05) is 6.79 Å². The van der Waals surface area contributed by atoms with Gasteiger partial charge in [-0.05, 0) is 0 Å². The van der Waals surface area contributed by atoms with Crippen LogP contribution in [0, 0.1) is 0 Å². The molecule has 0 saturated heterocycles. The van der Waals surface area contributed by atoms with Crippen molar-refractivity contribution in [2.24, 2.45) is 0 Å². The molecule has 0 spiro atoms. The van der Waals surface area contributed by atoms with Crippen molar-refractivity contribution in [3.8, 4) is 0 Å². The zero-order valence-electron chi connectivity index (χ0n) is 6.63. The summed E-state index contributed by atoms with van der Waals surface area (Å²) in [7, 11) is 0. The summed E-state index contributed by atoms with van der Waals surface area (Å²) in [5.41, 5.74) is 2.25. The molecule has 0 aromatic carbocycles. The molecule has 0 amide bonds. The van der Waals surface area contributed by atoms with Crippen LogP contribution < -0.4 is 0 Å². The number of esters is 1. The Hall–Kier alpha value is -1.60. The van der Waals surface area contributed by atoms with Gasteiger partial charge in [-0.2, -0.15) is 0 Å². The van der Waals surface area contributed by atoms with E-state index in [2.05, 4.69) is 30.2 Å². The average molecular weight is 156 g/mol. The molecule has 0 aromatic rings. The van der Waals surface area contributed by atoms with Crippen LogP contribution in [0.1, 0.15) is 6.92 Å². The largest absolute Gasteiger partial charge is 0.435 e. The predicted molar refractivity (Wildman–Crippen MR) is 43.9 cm³/mol. The molecule has 0 aliphatic heterocycles.